The predicted octanol–water partition coefficient (Wildman–Crippen LogP) is 4.63. The fourth-order valence-corrected chi connectivity index (χ4v) is 2.11. The maximum Gasteiger partial charge on any atom is 0.125 e. The van der Waals surface area contributed by atoms with Gasteiger partial charge in [-0.2, -0.15) is 0 Å². The summed E-state index contributed by atoms with van der Waals surface area (Å²) in [5.41, 5.74) is 0.829. The molecule has 0 amide bonds. The van der Waals surface area contributed by atoms with E-state index in [1.807, 2.05) is 24.3 Å². The number of rotatable bonds is 8. The summed E-state index contributed by atoms with van der Waals surface area (Å²) in [5.74, 6) is 0.775. The van der Waals surface area contributed by atoms with Gasteiger partial charge in [0, 0.05) is 10.0 Å². The molecule has 0 heterocycles. The first kappa shape index (κ1) is 15.3. The van der Waals surface area contributed by atoms with Crippen molar-refractivity contribution in [3.8, 4) is 5.75 Å². The van der Waals surface area contributed by atoms with Gasteiger partial charge < -0.3 is 9.84 Å². The number of allylic oxidation sites excluding steroid dienone is 1. The molecule has 0 unspecified atom stereocenters. The third-order valence-electron chi connectivity index (χ3n) is 2.73. The molecular formula is C15H21BrO2. The van der Waals surface area contributed by atoms with Crippen molar-refractivity contribution >= 4 is 15.9 Å². The van der Waals surface area contributed by atoms with Crippen LogP contribution in [0.3, 0.4) is 0 Å². The molecule has 0 aliphatic carbocycles. The summed E-state index contributed by atoms with van der Waals surface area (Å²) >= 11 is 3.40. The molecule has 2 nitrogen and oxygen atoms in total. The standard InChI is InChI=1S/C15H21BrO2/c1-3-4-5-6-7-10-18-15-9-8-13(16)11-14(15)12(2)17/h3,8-9,11-12,17H,1,4-7,10H2,2H3/t12-/m1/s1. The zero-order chi connectivity index (χ0) is 13.4. The van der Waals surface area contributed by atoms with Gasteiger partial charge in [-0.3, -0.25) is 0 Å². The van der Waals surface area contributed by atoms with E-state index in [0.717, 1.165) is 41.5 Å². The molecular weight excluding hydrogens is 292 g/mol. The highest BCUT2D eigenvalue weighted by molar-refractivity contribution is 9.10. The van der Waals surface area contributed by atoms with Crippen LogP contribution in [0.2, 0.25) is 0 Å². The zero-order valence-electron chi connectivity index (χ0n) is 10.9. The second kappa shape index (κ2) is 8.33. The Hall–Kier alpha value is -0.800. The van der Waals surface area contributed by atoms with E-state index in [4.69, 9.17) is 4.74 Å². The van der Waals surface area contributed by atoms with Gasteiger partial charge in [0.15, 0.2) is 0 Å². The van der Waals surface area contributed by atoms with E-state index >= 15 is 0 Å². The molecule has 0 radical (unpaired) electrons. The molecule has 0 saturated heterocycles. The average molecular weight is 313 g/mol. The van der Waals surface area contributed by atoms with E-state index < -0.39 is 6.10 Å². The first-order chi connectivity index (χ1) is 8.65. The van der Waals surface area contributed by atoms with Crippen LogP contribution in [0.4, 0.5) is 0 Å². The first-order valence-electron chi connectivity index (χ1n) is 6.36. The van der Waals surface area contributed by atoms with Crippen LogP contribution in [0, 0.1) is 0 Å². The lowest BCUT2D eigenvalue weighted by Gasteiger charge is -2.13. The molecule has 3 heteroatoms. The highest BCUT2D eigenvalue weighted by Gasteiger charge is 2.09. The molecule has 0 saturated carbocycles. The number of unbranched alkanes of at least 4 members (excludes halogenated alkanes) is 3. The van der Waals surface area contributed by atoms with Crippen LogP contribution in [0.15, 0.2) is 35.3 Å². The Morgan fingerprint density at radius 1 is 1.39 bits per heavy atom. The molecule has 1 aromatic carbocycles. The number of hydrogen-bond acceptors (Lipinski definition) is 2. The number of benzene rings is 1. The molecule has 1 rings (SSSR count). The summed E-state index contributed by atoms with van der Waals surface area (Å²) in [7, 11) is 0. The van der Waals surface area contributed by atoms with Crippen molar-refractivity contribution in [1.82, 2.24) is 0 Å². The Balaban J connectivity index is 2.44. The third-order valence-corrected chi connectivity index (χ3v) is 3.23. The van der Waals surface area contributed by atoms with E-state index in [1.54, 1.807) is 6.92 Å². The van der Waals surface area contributed by atoms with Crippen molar-refractivity contribution in [2.45, 2.75) is 38.7 Å². The van der Waals surface area contributed by atoms with Crippen molar-refractivity contribution in [3.63, 3.8) is 0 Å². The van der Waals surface area contributed by atoms with Gasteiger partial charge in [0.25, 0.3) is 0 Å². The van der Waals surface area contributed by atoms with Gasteiger partial charge in [0.2, 0.25) is 0 Å². The molecule has 0 aromatic heterocycles. The predicted molar refractivity (Wildman–Crippen MR) is 78.9 cm³/mol. The maximum absolute atomic E-state index is 9.69. The van der Waals surface area contributed by atoms with Crippen LogP contribution in [0.1, 0.15) is 44.3 Å². The topological polar surface area (TPSA) is 29.5 Å². The smallest absolute Gasteiger partial charge is 0.125 e. The van der Waals surface area contributed by atoms with Gasteiger partial charge in [-0.05, 0) is 50.8 Å². The molecule has 100 valence electrons. The van der Waals surface area contributed by atoms with Gasteiger partial charge >= 0.3 is 0 Å². The van der Waals surface area contributed by atoms with Crippen molar-refractivity contribution < 1.29 is 9.84 Å². The Kier molecular flexibility index (Phi) is 7.06. The minimum atomic E-state index is -0.515. The molecule has 0 spiro atoms. The van der Waals surface area contributed by atoms with Crippen LogP contribution >= 0.6 is 15.9 Å². The Bertz CT molecular complexity index is 375. The normalized spacial score (nSPS) is 12.2. The summed E-state index contributed by atoms with van der Waals surface area (Å²) in [6.45, 7) is 6.14. The fraction of sp³-hybridized carbons (Fsp3) is 0.467. The lowest BCUT2D eigenvalue weighted by atomic mass is 10.1. The van der Waals surface area contributed by atoms with Gasteiger partial charge in [-0.25, -0.2) is 0 Å². The fourth-order valence-electron chi connectivity index (χ4n) is 1.73. The Morgan fingerprint density at radius 3 is 2.83 bits per heavy atom. The molecule has 1 atom stereocenters. The summed E-state index contributed by atoms with van der Waals surface area (Å²) in [4.78, 5) is 0. The van der Waals surface area contributed by atoms with Gasteiger partial charge in [-0.1, -0.05) is 22.0 Å². The van der Waals surface area contributed by atoms with Crippen LogP contribution in [-0.2, 0) is 0 Å². The molecule has 1 aromatic rings. The average Bonchev–Trinajstić information content (AvgIpc) is 2.35. The second-order valence-electron chi connectivity index (χ2n) is 4.34. The number of ether oxygens (including phenoxy) is 1. The summed E-state index contributed by atoms with van der Waals surface area (Å²) in [5, 5.41) is 9.69. The number of hydrogen-bond donors (Lipinski definition) is 1. The maximum atomic E-state index is 9.69. The SMILES string of the molecule is C=CCCCCCOc1ccc(Br)cc1[C@@H](C)O. The van der Waals surface area contributed by atoms with E-state index in [9.17, 15) is 5.11 Å². The summed E-state index contributed by atoms with van der Waals surface area (Å²) < 4.78 is 6.68. The van der Waals surface area contributed by atoms with Crippen molar-refractivity contribution in [3.05, 3.63) is 40.9 Å². The highest BCUT2D eigenvalue weighted by atomic mass is 79.9. The number of aliphatic hydroxyl groups excluding tert-OH is 1. The minimum absolute atomic E-state index is 0.515. The highest BCUT2D eigenvalue weighted by Crippen LogP contribution is 2.28. The molecule has 1 N–H and O–H groups in total. The number of halogens is 1. The van der Waals surface area contributed by atoms with Gasteiger partial charge in [0.05, 0.1) is 12.7 Å². The summed E-state index contributed by atoms with van der Waals surface area (Å²) in [6, 6.07) is 5.73. The molecule has 0 fully saturated rings. The van der Waals surface area contributed by atoms with Crippen LogP contribution < -0.4 is 4.74 Å². The largest absolute Gasteiger partial charge is 0.493 e. The number of aliphatic hydroxyl groups is 1. The zero-order valence-corrected chi connectivity index (χ0v) is 12.4. The molecule has 18 heavy (non-hydrogen) atoms. The third kappa shape index (κ3) is 5.23. The lowest BCUT2D eigenvalue weighted by Crippen LogP contribution is -2.02. The lowest BCUT2D eigenvalue weighted by molar-refractivity contribution is 0.190. The second-order valence-corrected chi connectivity index (χ2v) is 5.26. The van der Waals surface area contributed by atoms with E-state index in [2.05, 4.69) is 22.5 Å². The van der Waals surface area contributed by atoms with Crippen molar-refractivity contribution in [1.29, 1.82) is 0 Å². The quantitative estimate of drug-likeness (QED) is 0.560. The van der Waals surface area contributed by atoms with E-state index in [-0.39, 0.29) is 0 Å². The Labute approximate surface area is 118 Å². The van der Waals surface area contributed by atoms with Crippen LogP contribution in [0.25, 0.3) is 0 Å². The summed E-state index contributed by atoms with van der Waals surface area (Å²) in [6.07, 6.45) is 5.84. The molecule has 0 aliphatic rings. The molecule has 0 bridgehead atoms. The molecule has 0 aliphatic heterocycles. The minimum Gasteiger partial charge on any atom is -0.493 e. The van der Waals surface area contributed by atoms with E-state index in [0.29, 0.717) is 6.61 Å². The van der Waals surface area contributed by atoms with Crippen molar-refractivity contribution in [2.24, 2.45) is 0 Å². The monoisotopic (exact) mass is 312 g/mol. The van der Waals surface area contributed by atoms with Gasteiger partial charge in [0.1, 0.15) is 5.75 Å². The van der Waals surface area contributed by atoms with Gasteiger partial charge in [-0.15, -0.1) is 6.58 Å². The Morgan fingerprint density at radius 2 is 2.17 bits per heavy atom. The first-order valence-corrected chi connectivity index (χ1v) is 7.15. The van der Waals surface area contributed by atoms with E-state index in [1.165, 1.54) is 0 Å². The van der Waals surface area contributed by atoms with Crippen LogP contribution in [0.5, 0.6) is 5.75 Å². The van der Waals surface area contributed by atoms with Crippen molar-refractivity contribution in [2.75, 3.05) is 6.61 Å². The van der Waals surface area contributed by atoms with Crippen LogP contribution in [-0.4, -0.2) is 11.7 Å².